The van der Waals surface area contributed by atoms with E-state index in [0.29, 0.717) is 31.0 Å². The summed E-state index contributed by atoms with van der Waals surface area (Å²) in [5.74, 6) is 1.58. The van der Waals surface area contributed by atoms with Gasteiger partial charge in [-0.05, 0) is 24.5 Å². The summed E-state index contributed by atoms with van der Waals surface area (Å²) < 4.78 is 0. The Morgan fingerprint density at radius 3 is 2.86 bits per heavy atom. The van der Waals surface area contributed by atoms with Crippen molar-refractivity contribution < 1.29 is 4.79 Å². The fourth-order valence-electron chi connectivity index (χ4n) is 2.85. The molecule has 1 heterocycles. The molecular formula is C16H26N4O. The Bertz CT molecular complexity index is 444. The number of anilines is 2. The van der Waals surface area contributed by atoms with Crippen LogP contribution in [0.5, 0.6) is 0 Å². The standard InChI is InChI=1S/C16H26N4O/c17-14-7-4-10-19-16(14)20-12-11-18-15(21)9-8-13-5-2-1-3-6-13/h4,7,10,13H,1-3,5-6,8-9,11-12,17H2,(H,18,21)(H,19,20). The summed E-state index contributed by atoms with van der Waals surface area (Å²) in [6.45, 7) is 1.23. The van der Waals surface area contributed by atoms with Gasteiger partial charge in [0.2, 0.25) is 5.91 Å². The van der Waals surface area contributed by atoms with Gasteiger partial charge in [0.05, 0.1) is 5.69 Å². The van der Waals surface area contributed by atoms with Crippen LogP contribution in [0.15, 0.2) is 18.3 Å². The molecule has 5 nitrogen and oxygen atoms in total. The molecule has 1 saturated carbocycles. The molecule has 0 aliphatic heterocycles. The lowest BCUT2D eigenvalue weighted by Gasteiger charge is -2.21. The number of carbonyl (C=O) groups excluding carboxylic acids is 1. The Morgan fingerprint density at radius 2 is 2.10 bits per heavy atom. The van der Waals surface area contributed by atoms with Crippen molar-refractivity contribution in [3.8, 4) is 0 Å². The smallest absolute Gasteiger partial charge is 0.220 e. The zero-order chi connectivity index (χ0) is 14.9. The fourth-order valence-corrected chi connectivity index (χ4v) is 2.85. The lowest BCUT2D eigenvalue weighted by Crippen LogP contribution is -2.29. The molecule has 2 rings (SSSR count). The maximum atomic E-state index is 11.8. The Kier molecular flexibility index (Phi) is 6.31. The number of nitrogens with two attached hydrogens (primary N) is 1. The first-order chi connectivity index (χ1) is 10.3. The monoisotopic (exact) mass is 290 g/mol. The molecule has 1 fully saturated rings. The van der Waals surface area contributed by atoms with Gasteiger partial charge in [0, 0.05) is 25.7 Å². The predicted octanol–water partition coefficient (Wildman–Crippen LogP) is 2.55. The van der Waals surface area contributed by atoms with E-state index in [4.69, 9.17) is 5.73 Å². The SMILES string of the molecule is Nc1cccnc1NCCNC(=O)CCC1CCCCC1. The van der Waals surface area contributed by atoms with Crippen molar-refractivity contribution in [2.24, 2.45) is 5.92 Å². The van der Waals surface area contributed by atoms with E-state index in [1.165, 1.54) is 32.1 Å². The molecular weight excluding hydrogens is 264 g/mol. The molecule has 1 aromatic heterocycles. The number of amides is 1. The molecule has 0 unspecified atom stereocenters. The molecule has 1 aliphatic rings. The average Bonchev–Trinajstić information content (AvgIpc) is 2.52. The minimum Gasteiger partial charge on any atom is -0.396 e. The molecule has 21 heavy (non-hydrogen) atoms. The lowest BCUT2D eigenvalue weighted by atomic mass is 9.86. The van der Waals surface area contributed by atoms with E-state index in [2.05, 4.69) is 15.6 Å². The minimum atomic E-state index is 0.149. The predicted molar refractivity (Wildman–Crippen MR) is 86.0 cm³/mol. The molecule has 4 N–H and O–H groups in total. The molecule has 116 valence electrons. The van der Waals surface area contributed by atoms with Crippen molar-refractivity contribution >= 4 is 17.4 Å². The Labute approximate surface area is 126 Å². The summed E-state index contributed by atoms with van der Waals surface area (Å²) in [7, 11) is 0. The van der Waals surface area contributed by atoms with Gasteiger partial charge in [-0.25, -0.2) is 4.98 Å². The maximum absolute atomic E-state index is 11.8. The molecule has 0 spiro atoms. The molecule has 0 bridgehead atoms. The van der Waals surface area contributed by atoms with Crippen molar-refractivity contribution in [2.45, 2.75) is 44.9 Å². The summed E-state index contributed by atoms with van der Waals surface area (Å²) >= 11 is 0. The second-order valence-electron chi connectivity index (χ2n) is 5.76. The molecule has 1 aromatic rings. The van der Waals surface area contributed by atoms with E-state index in [9.17, 15) is 4.79 Å². The zero-order valence-electron chi connectivity index (χ0n) is 12.6. The van der Waals surface area contributed by atoms with Crippen LogP contribution in [0.4, 0.5) is 11.5 Å². The van der Waals surface area contributed by atoms with Crippen LogP contribution in [0, 0.1) is 5.92 Å². The second-order valence-corrected chi connectivity index (χ2v) is 5.76. The summed E-state index contributed by atoms with van der Waals surface area (Å²) in [6.07, 6.45) is 10.0. The van der Waals surface area contributed by atoms with Gasteiger partial charge < -0.3 is 16.4 Å². The third-order valence-corrected chi connectivity index (χ3v) is 4.08. The van der Waals surface area contributed by atoms with Crippen LogP contribution < -0.4 is 16.4 Å². The number of hydrogen-bond donors (Lipinski definition) is 3. The third-order valence-electron chi connectivity index (χ3n) is 4.08. The van der Waals surface area contributed by atoms with Gasteiger partial charge in [0.15, 0.2) is 0 Å². The Hall–Kier alpha value is -1.78. The van der Waals surface area contributed by atoms with Crippen LogP contribution in [-0.4, -0.2) is 24.0 Å². The highest BCUT2D eigenvalue weighted by Gasteiger charge is 2.14. The lowest BCUT2D eigenvalue weighted by molar-refractivity contribution is -0.121. The van der Waals surface area contributed by atoms with E-state index < -0.39 is 0 Å². The Morgan fingerprint density at radius 1 is 1.29 bits per heavy atom. The molecule has 0 atom stereocenters. The average molecular weight is 290 g/mol. The molecule has 1 amide bonds. The van der Waals surface area contributed by atoms with Crippen LogP contribution in [0.1, 0.15) is 44.9 Å². The summed E-state index contributed by atoms with van der Waals surface area (Å²) in [6, 6.07) is 3.60. The normalized spacial score (nSPS) is 15.6. The minimum absolute atomic E-state index is 0.149. The van der Waals surface area contributed by atoms with Crippen molar-refractivity contribution in [1.29, 1.82) is 0 Å². The topological polar surface area (TPSA) is 80.0 Å². The number of nitrogens with zero attached hydrogens (tertiary/aromatic N) is 1. The summed E-state index contributed by atoms with van der Waals surface area (Å²) in [5.41, 5.74) is 6.41. The van der Waals surface area contributed by atoms with Gasteiger partial charge >= 0.3 is 0 Å². The number of rotatable bonds is 7. The highest BCUT2D eigenvalue weighted by atomic mass is 16.1. The fraction of sp³-hybridized carbons (Fsp3) is 0.625. The quantitative estimate of drug-likeness (QED) is 0.674. The number of aromatic nitrogens is 1. The van der Waals surface area contributed by atoms with Gasteiger partial charge in [-0.15, -0.1) is 0 Å². The summed E-state index contributed by atoms with van der Waals surface area (Å²) in [5, 5.41) is 6.06. The van der Waals surface area contributed by atoms with E-state index in [1.54, 1.807) is 18.3 Å². The van der Waals surface area contributed by atoms with E-state index in [0.717, 1.165) is 12.3 Å². The Balaban J connectivity index is 1.56. The van der Waals surface area contributed by atoms with Crippen LogP contribution in [0.3, 0.4) is 0 Å². The van der Waals surface area contributed by atoms with Gasteiger partial charge in [-0.3, -0.25) is 4.79 Å². The van der Waals surface area contributed by atoms with Gasteiger partial charge in [0.1, 0.15) is 5.82 Å². The first-order valence-electron chi connectivity index (χ1n) is 7.97. The van der Waals surface area contributed by atoms with Crippen molar-refractivity contribution in [3.05, 3.63) is 18.3 Å². The zero-order valence-corrected chi connectivity index (χ0v) is 12.6. The molecule has 1 aliphatic carbocycles. The number of nitrogen functional groups attached to an aromatic ring is 1. The third kappa shape index (κ3) is 5.61. The highest BCUT2D eigenvalue weighted by Crippen LogP contribution is 2.27. The largest absolute Gasteiger partial charge is 0.396 e. The van der Waals surface area contributed by atoms with E-state index >= 15 is 0 Å². The van der Waals surface area contributed by atoms with Crippen LogP contribution in [-0.2, 0) is 4.79 Å². The summed E-state index contributed by atoms with van der Waals surface area (Å²) in [4.78, 5) is 15.9. The van der Waals surface area contributed by atoms with Gasteiger partial charge in [0.25, 0.3) is 0 Å². The van der Waals surface area contributed by atoms with Crippen LogP contribution >= 0.6 is 0 Å². The molecule has 0 saturated heterocycles. The maximum Gasteiger partial charge on any atom is 0.220 e. The van der Waals surface area contributed by atoms with Crippen molar-refractivity contribution in [1.82, 2.24) is 10.3 Å². The van der Waals surface area contributed by atoms with E-state index in [1.807, 2.05) is 0 Å². The van der Waals surface area contributed by atoms with E-state index in [-0.39, 0.29) is 5.91 Å². The van der Waals surface area contributed by atoms with Gasteiger partial charge in [-0.2, -0.15) is 0 Å². The first kappa shape index (κ1) is 15.6. The van der Waals surface area contributed by atoms with Crippen molar-refractivity contribution in [3.63, 3.8) is 0 Å². The molecule has 0 aromatic carbocycles. The van der Waals surface area contributed by atoms with Crippen LogP contribution in [0.25, 0.3) is 0 Å². The number of hydrogen-bond acceptors (Lipinski definition) is 4. The van der Waals surface area contributed by atoms with Crippen molar-refractivity contribution in [2.75, 3.05) is 24.1 Å². The second kappa shape index (κ2) is 8.49. The first-order valence-corrected chi connectivity index (χ1v) is 7.97. The molecule has 5 heteroatoms. The van der Waals surface area contributed by atoms with Gasteiger partial charge in [-0.1, -0.05) is 32.1 Å². The number of nitrogens with one attached hydrogen (secondary N) is 2. The highest BCUT2D eigenvalue weighted by molar-refractivity contribution is 5.75. The molecule has 0 radical (unpaired) electrons. The number of pyridine rings is 1. The van der Waals surface area contributed by atoms with Crippen LogP contribution in [0.2, 0.25) is 0 Å². The number of carbonyl (C=O) groups is 1.